The van der Waals surface area contributed by atoms with Gasteiger partial charge in [-0.1, -0.05) is 6.92 Å². The highest BCUT2D eigenvalue weighted by Crippen LogP contribution is 2.11. The molecule has 0 bridgehead atoms. The number of amides is 2. The number of rotatable bonds is 5. The van der Waals surface area contributed by atoms with Crippen molar-refractivity contribution in [3.8, 4) is 0 Å². The maximum absolute atomic E-state index is 11.9. The van der Waals surface area contributed by atoms with E-state index in [9.17, 15) is 9.59 Å². The van der Waals surface area contributed by atoms with Crippen LogP contribution in [0.25, 0.3) is 0 Å². The quantitative estimate of drug-likeness (QED) is 0.837. The molecule has 0 aliphatic carbocycles. The van der Waals surface area contributed by atoms with E-state index in [4.69, 9.17) is 9.52 Å². The molecule has 6 nitrogen and oxygen atoms in total. The Bertz CT molecular complexity index is 416. The van der Waals surface area contributed by atoms with Gasteiger partial charge >= 0.3 is 12.0 Å². The lowest BCUT2D eigenvalue weighted by Gasteiger charge is -2.27. The van der Waals surface area contributed by atoms with Crippen molar-refractivity contribution in [2.45, 2.75) is 32.4 Å². The summed E-state index contributed by atoms with van der Waals surface area (Å²) in [4.78, 5) is 24.4. The minimum Gasteiger partial charge on any atom is -0.480 e. The topological polar surface area (TPSA) is 82.8 Å². The molecule has 0 saturated carbocycles. The van der Waals surface area contributed by atoms with Crippen LogP contribution in [0.2, 0.25) is 0 Å². The number of carboxylic acids is 1. The molecule has 1 rings (SSSR count). The minimum atomic E-state index is -1.25. The first-order valence-corrected chi connectivity index (χ1v) is 5.67. The summed E-state index contributed by atoms with van der Waals surface area (Å²) in [5.74, 6) is -1.05. The number of carboxylic acid groups (broad SMARTS) is 1. The SMILES string of the molecule is CCC(C)(NC(=O)N(C)Cc1ccoc1)C(=O)O. The van der Waals surface area contributed by atoms with Gasteiger partial charge in [0.1, 0.15) is 5.54 Å². The molecule has 0 spiro atoms. The van der Waals surface area contributed by atoms with Gasteiger partial charge in [0.25, 0.3) is 0 Å². The average Bonchev–Trinajstić information content (AvgIpc) is 2.81. The molecule has 0 fully saturated rings. The molecule has 0 aliphatic rings. The van der Waals surface area contributed by atoms with Crippen LogP contribution in [0.3, 0.4) is 0 Å². The van der Waals surface area contributed by atoms with Crippen LogP contribution in [0, 0.1) is 0 Å². The van der Waals surface area contributed by atoms with Crippen molar-refractivity contribution in [3.05, 3.63) is 24.2 Å². The molecule has 0 saturated heterocycles. The van der Waals surface area contributed by atoms with Crippen LogP contribution in [0.5, 0.6) is 0 Å². The summed E-state index contributed by atoms with van der Waals surface area (Å²) >= 11 is 0. The Balaban J connectivity index is 2.62. The lowest BCUT2D eigenvalue weighted by molar-refractivity contribution is -0.143. The molecule has 0 aliphatic heterocycles. The van der Waals surface area contributed by atoms with Crippen molar-refractivity contribution in [2.24, 2.45) is 0 Å². The fraction of sp³-hybridized carbons (Fsp3) is 0.500. The van der Waals surface area contributed by atoms with Gasteiger partial charge < -0.3 is 19.7 Å². The molecule has 18 heavy (non-hydrogen) atoms. The van der Waals surface area contributed by atoms with Gasteiger partial charge in [0.15, 0.2) is 0 Å². The van der Waals surface area contributed by atoms with Gasteiger partial charge in [0, 0.05) is 12.6 Å². The second kappa shape index (κ2) is 5.57. The molecule has 1 unspecified atom stereocenters. The van der Waals surface area contributed by atoms with Crippen LogP contribution in [0.1, 0.15) is 25.8 Å². The third-order valence-corrected chi connectivity index (χ3v) is 2.91. The van der Waals surface area contributed by atoms with Gasteiger partial charge in [-0.15, -0.1) is 0 Å². The van der Waals surface area contributed by atoms with E-state index in [1.165, 1.54) is 18.1 Å². The summed E-state index contributed by atoms with van der Waals surface area (Å²) in [5.41, 5.74) is -0.400. The first kappa shape index (κ1) is 14.1. The monoisotopic (exact) mass is 254 g/mol. The van der Waals surface area contributed by atoms with E-state index >= 15 is 0 Å². The molecule has 2 amide bonds. The van der Waals surface area contributed by atoms with Crippen LogP contribution in [0.15, 0.2) is 23.0 Å². The first-order chi connectivity index (χ1) is 8.39. The summed E-state index contributed by atoms with van der Waals surface area (Å²) < 4.78 is 4.90. The summed E-state index contributed by atoms with van der Waals surface area (Å²) in [7, 11) is 1.60. The number of hydrogen-bond donors (Lipinski definition) is 2. The number of hydrogen-bond acceptors (Lipinski definition) is 3. The highest BCUT2D eigenvalue weighted by atomic mass is 16.4. The van der Waals surface area contributed by atoms with E-state index in [1.54, 1.807) is 26.3 Å². The van der Waals surface area contributed by atoms with Gasteiger partial charge in [0.05, 0.1) is 19.1 Å². The largest absolute Gasteiger partial charge is 0.480 e. The molecule has 0 aromatic carbocycles. The number of carbonyl (C=O) groups is 2. The van der Waals surface area contributed by atoms with Crippen molar-refractivity contribution in [2.75, 3.05) is 7.05 Å². The average molecular weight is 254 g/mol. The highest BCUT2D eigenvalue weighted by molar-refractivity contribution is 5.85. The number of urea groups is 1. The molecule has 1 heterocycles. The number of nitrogens with one attached hydrogen (secondary N) is 1. The smallest absolute Gasteiger partial charge is 0.329 e. The number of nitrogens with zero attached hydrogens (tertiary/aromatic N) is 1. The third-order valence-electron chi connectivity index (χ3n) is 2.91. The van der Waals surface area contributed by atoms with Crippen molar-refractivity contribution in [1.29, 1.82) is 0 Å². The molecule has 1 atom stereocenters. The second-order valence-corrected chi connectivity index (χ2v) is 4.41. The van der Waals surface area contributed by atoms with Gasteiger partial charge in [-0.25, -0.2) is 9.59 Å². The van der Waals surface area contributed by atoms with Gasteiger partial charge in [-0.3, -0.25) is 0 Å². The fourth-order valence-corrected chi connectivity index (χ4v) is 1.35. The Labute approximate surface area is 106 Å². The van der Waals surface area contributed by atoms with Crippen molar-refractivity contribution >= 4 is 12.0 Å². The highest BCUT2D eigenvalue weighted by Gasteiger charge is 2.33. The van der Waals surface area contributed by atoms with E-state index in [2.05, 4.69) is 5.32 Å². The number of furan rings is 1. The summed E-state index contributed by atoms with van der Waals surface area (Å²) in [6.07, 6.45) is 3.38. The summed E-state index contributed by atoms with van der Waals surface area (Å²) in [5, 5.41) is 11.6. The normalized spacial score (nSPS) is 13.7. The number of carbonyl (C=O) groups excluding carboxylic acids is 1. The standard InChI is InChI=1S/C12H18N2O4/c1-4-12(2,10(15)16)13-11(17)14(3)7-9-5-6-18-8-9/h5-6,8H,4,7H2,1-3H3,(H,13,17)(H,15,16). The van der Waals surface area contributed by atoms with E-state index in [1.807, 2.05) is 0 Å². The predicted octanol–water partition coefficient (Wildman–Crippen LogP) is 1.67. The fourth-order valence-electron chi connectivity index (χ4n) is 1.35. The maximum Gasteiger partial charge on any atom is 0.329 e. The van der Waals surface area contributed by atoms with Crippen molar-refractivity contribution in [1.82, 2.24) is 10.2 Å². The Morgan fingerprint density at radius 2 is 2.22 bits per heavy atom. The van der Waals surface area contributed by atoms with E-state index in [0.717, 1.165) is 5.56 Å². The molecule has 0 radical (unpaired) electrons. The van der Waals surface area contributed by atoms with E-state index < -0.39 is 17.5 Å². The van der Waals surface area contributed by atoms with Crippen molar-refractivity contribution < 1.29 is 19.1 Å². The van der Waals surface area contributed by atoms with Crippen LogP contribution in [-0.2, 0) is 11.3 Å². The lowest BCUT2D eigenvalue weighted by atomic mass is 10.00. The Hall–Kier alpha value is -1.98. The van der Waals surface area contributed by atoms with Gasteiger partial charge in [0.2, 0.25) is 0 Å². The molecular weight excluding hydrogens is 236 g/mol. The van der Waals surface area contributed by atoms with E-state index in [-0.39, 0.29) is 0 Å². The Kier molecular flexibility index (Phi) is 4.36. The van der Waals surface area contributed by atoms with Crippen LogP contribution < -0.4 is 5.32 Å². The predicted molar refractivity (Wildman–Crippen MR) is 65.0 cm³/mol. The molecule has 2 N–H and O–H groups in total. The van der Waals surface area contributed by atoms with Crippen molar-refractivity contribution in [3.63, 3.8) is 0 Å². The zero-order valence-corrected chi connectivity index (χ0v) is 10.8. The van der Waals surface area contributed by atoms with E-state index in [0.29, 0.717) is 13.0 Å². The zero-order valence-electron chi connectivity index (χ0n) is 10.8. The third kappa shape index (κ3) is 3.26. The molecule has 1 aromatic rings. The van der Waals surface area contributed by atoms with Gasteiger partial charge in [-0.05, 0) is 19.4 Å². The maximum atomic E-state index is 11.9. The lowest BCUT2D eigenvalue weighted by Crippen LogP contribution is -2.54. The summed E-state index contributed by atoms with van der Waals surface area (Å²) in [6.45, 7) is 3.56. The zero-order chi connectivity index (χ0) is 13.8. The molecule has 100 valence electrons. The van der Waals surface area contributed by atoms with Crippen LogP contribution in [-0.4, -0.2) is 34.6 Å². The Morgan fingerprint density at radius 3 is 2.67 bits per heavy atom. The first-order valence-electron chi connectivity index (χ1n) is 5.67. The molecular formula is C12H18N2O4. The van der Waals surface area contributed by atoms with Crippen LogP contribution in [0.4, 0.5) is 4.79 Å². The minimum absolute atomic E-state index is 0.313. The van der Waals surface area contributed by atoms with Gasteiger partial charge in [-0.2, -0.15) is 0 Å². The molecule has 1 aromatic heterocycles. The number of aliphatic carboxylic acids is 1. The molecule has 6 heteroatoms. The van der Waals surface area contributed by atoms with Crippen LogP contribution >= 0.6 is 0 Å². The Morgan fingerprint density at radius 1 is 1.56 bits per heavy atom. The summed E-state index contributed by atoms with van der Waals surface area (Å²) in [6, 6.07) is 1.32. The second-order valence-electron chi connectivity index (χ2n) is 4.41.